The molecule has 1 fully saturated rings. The first-order valence-electron chi connectivity index (χ1n) is 15.6. The second kappa shape index (κ2) is 14.8. The number of nitrogens with two attached hydrogens (primary N) is 1. The molecule has 12 nitrogen and oxygen atoms in total. The van der Waals surface area contributed by atoms with Gasteiger partial charge in [0.05, 0.1) is 16.8 Å². The van der Waals surface area contributed by atoms with E-state index in [-0.39, 0.29) is 24.2 Å². The van der Waals surface area contributed by atoms with Crippen molar-refractivity contribution in [1.29, 1.82) is 0 Å². The number of rotatable bonds is 9. The van der Waals surface area contributed by atoms with Crippen LogP contribution in [0.25, 0.3) is 22.5 Å². The minimum Gasteiger partial charge on any atom is -0.444 e. The quantitative estimate of drug-likeness (QED) is 0.215. The van der Waals surface area contributed by atoms with Crippen molar-refractivity contribution in [1.82, 2.24) is 30.9 Å². The molecule has 1 aliphatic rings. The third-order valence-electron chi connectivity index (χ3n) is 8.11. The number of carbonyl (C=O) groups is 3. The largest absolute Gasteiger partial charge is 0.444 e. The fourth-order valence-electron chi connectivity index (χ4n) is 5.68. The van der Waals surface area contributed by atoms with Gasteiger partial charge in [-0.15, -0.1) is 10.2 Å². The third-order valence-corrected chi connectivity index (χ3v) is 8.41. The van der Waals surface area contributed by atoms with Crippen LogP contribution in [0.15, 0.2) is 67.0 Å². The summed E-state index contributed by atoms with van der Waals surface area (Å²) in [6, 6.07) is 15.4. The number of tetrazole rings is 1. The van der Waals surface area contributed by atoms with Crippen LogP contribution in [0.3, 0.4) is 0 Å². The predicted molar refractivity (Wildman–Crippen MR) is 178 cm³/mol. The lowest BCUT2D eigenvalue weighted by atomic mass is 9.81. The van der Waals surface area contributed by atoms with Crippen LogP contribution < -0.4 is 16.0 Å². The van der Waals surface area contributed by atoms with E-state index in [1.165, 1.54) is 4.90 Å². The van der Waals surface area contributed by atoms with Crippen LogP contribution in [0.1, 0.15) is 52.0 Å². The Morgan fingerprint density at radius 2 is 1.70 bits per heavy atom. The summed E-state index contributed by atoms with van der Waals surface area (Å²) in [5.74, 6) is -0.550. The highest BCUT2D eigenvalue weighted by Crippen LogP contribution is 2.32. The van der Waals surface area contributed by atoms with Crippen LogP contribution in [-0.2, 0) is 20.7 Å². The molecule has 13 heteroatoms. The van der Waals surface area contributed by atoms with Crippen molar-refractivity contribution in [2.24, 2.45) is 17.6 Å². The van der Waals surface area contributed by atoms with Crippen molar-refractivity contribution in [3.63, 3.8) is 0 Å². The Morgan fingerprint density at radius 1 is 1.02 bits per heavy atom. The average molecular weight is 659 g/mol. The fraction of sp³-hybridized carbons (Fsp3) is 0.382. The summed E-state index contributed by atoms with van der Waals surface area (Å²) in [6.07, 6.45) is 5.66. The minimum absolute atomic E-state index is 0.206. The molecule has 3 amide bonds. The molecule has 0 saturated heterocycles. The Morgan fingerprint density at radius 3 is 2.32 bits per heavy atom. The molecule has 2 aromatic carbocycles. The van der Waals surface area contributed by atoms with Gasteiger partial charge < -0.3 is 15.8 Å². The monoisotopic (exact) mass is 658 g/mol. The summed E-state index contributed by atoms with van der Waals surface area (Å²) in [6.45, 7) is 5.92. The van der Waals surface area contributed by atoms with Crippen LogP contribution in [-0.4, -0.2) is 61.7 Å². The van der Waals surface area contributed by atoms with Crippen molar-refractivity contribution in [2.45, 2.75) is 64.5 Å². The van der Waals surface area contributed by atoms with E-state index in [4.69, 9.17) is 22.1 Å². The normalized spacial score (nSPS) is 17.0. The van der Waals surface area contributed by atoms with Gasteiger partial charge in [-0.3, -0.25) is 14.6 Å². The summed E-state index contributed by atoms with van der Waals surface area (Å²) < 4.78 is 5.34. The molecule has 2 heterocycles. The minimum atomic E-state index is -0.972. The highest BCUT2D eigenvalue weighted by molar-refractivity contribution is 6.33. The Labute approximate surface area is 278 Å². The summed E-state index contributed by atoms with van der Waals surface area (Å²) in [4.78, 5) is 45.4. The van der Waals surface area contributed by atoms with E-state index < -0.39 is 23.6 Å². The maximum Gasteiger partial charge on any atom is 0.407 e. The van der Waals surface area contributed by atoms with Crippen molar-refractivity contribution in [3.05, 3.63) is 77.6 Å². The van der Waals surface area contributed by atoms with Gasteiger partial charge >= 0.3 is 6.09 Å². The topological polar surface area (TPSA) is 169 Å². The number of amides is 3. The molecule has 4 aromatic rings. The van der Waals surface area contributed by atoms with E-state index in [1.54, 1.807) is 36.7 Å². The number of imide groups is 1. The van der Waals surface area contributed by atoms with Gasteiger partial charge in [-0.1, -0.05) is 35.9 Å². The number of nitrogens with one attached hydrogen (secondary N) is 2. The highest BCUT2D eigenvalue weighted by atomic mass is 35.5. The van der Waals surface area contributed by atoms with Crippen molar-refractivity contribution < 1.29 is 19.1 Å². The van der Waals surface area contributed by atoms with E-state index in [1.807, 2.05) is 51.1 Å². The van der Waals surface area contributed by atoms with Crippen LogP contribution in [0.5, 0.6) is 0 Å². The van der Waals surface area contributed by atoms with Crippen LogP contribution in [0, 0.1) is 11.8 Å². The summed E-state index contributed by atoms with van der Waals surface area (Å²) in [5, 5.41) is 17.4. The zero-order valence-corrected chi connectivity index (χ0v) is 27.4. The maximum atomic E-state index is 14.1. The van der Waals surface area contributed by atoms with E-state index in [0.29, 0.717) is 41.5 Å². The second-order valence-corrected chi connectivity index (χ2v) is 13.2. The maximum absolute atomic E-state index is 14.1. The molecule has 1 aliphatic carbocycles. The Bertz CT molecular complexity index is 1670. The number of benzene rings is 2. The first-order chi connectivity index (χ1) is 22.5. The number of carbonyl (C=O) groups excluding carboxylic acids is 3. The van der Waals surface area contributed by atoms with Crippen LogP contribution in [0.4, 0.5) is 10.5 Å². The van der Waals surface area contributed by atoms with Gasteiger partial charge in [0.1, 0.15) is 5.60 Å². The van der Waals surface area contributed by atoms with Gasteiger partial charge in [0.15, 0.2) is 0 Å². The van der Waals surface area contributed by atoms with Crippen molar-refractivity contribution in [2.75, 3.05) is 11.4 Å². The molecule has 2 aromatic heterocycles. The van der Waals surface area contributed by atoms with E-state index in [0.717, 1.165) is 29.5 Å². The van der Waals surface area contributed by atoms with Crippen molar-refractivity contribution >= 4 is 35.2 Å². The predicted octanol–water partition coefficient (Wildman–Crippen LogP) is 5.34. The number of H-pyrrole nitrogens is 1. The average Bonchev–Trinajstić information content (AvgIpc) is 3.60. The van der Waals surface area contributed by atoms with Gasteiger partial charge in [0.2, 0.25) is 11.7 Å². The van der Waals surface area contributed by atoms with Gasteiger partial charge in [-0.2, -0.15) is 5.21 Å². The summed E-state index contributed by atoms with van der Waals surface area (Å²) in [7, 11) is 0. The summed E-state index contributed by atoms with van der Waals surface area (Å²) in [5.41, 5.74) is 9.64. The highest BCUT2D eigenvalue weighted by Gasteiger charge is 2.35. The van der Waals surface area contributed by atoms with Gasteiger partial charge in [0, 0.05) is 36.0 Å². The SMILES string of the molecule is CC(C)(C)OC(=O)NCC1CCC(C(=O)N(C(=O)[C@@H](N)Cc2ccc(-c3ccncc3Cl)cc2)c2ccc(-c3nn[nH]n3)cc2)CC1. The number of alkyl carbamates (subject to hydrolysis) is 1. The Hall–Kier alpha value is -4.68. The Kier molecular flexibility index (Phi) is 10.6. The van der Waals surface area contributed by atoms with Gasteiger partial charge in [0.25, 0.3) is 5.91 Å². The number of anilines is 1. The smallest absolute Gasteiger partial charge is 0.407 e. The zero-order chi connectivity index (χ0) is 33.6. The van der Waals surface area contributed by atoms with Gasteiger partial charge in [-0.25, -0.2) is 9.69 Å². The number of aromatic nitrogens is 5. The molecule has 0 aliphatic heterocycles. The van der Waals surface area contributed by atoms with E-state index in [9.17, 15) is 14.4 Å². The molecule has 0 unspecified atom stereocenters. The molecular formula is C34H39ClN8O4. The molecule has 0 bridgehead atoms. The number of ether oxygens (including phenoxy) is 1. The lowest BCUT2D eigenvalue weighted by Crippen LogP contribution is -2.50. The number of pyridine rings is 1. The van der Waals surface area contributed by atoms with E-state index >= 15 is 0 Å². The van der Waals surface area contributed by atoms with Crippen molar-refractivity contribution in [3.8, 4) is 22.5 Å². The number of aromatic amines is 1. The lowest BCUT2D eigenvalue weighted by molar-refractivity contribution is -0.130. The first-order valence-corrected chi connectivity index (χ1v) is 16.0. The zero-order valence-electron chi connectivity index (χ0n) is 26.6. The first kappa shape index (κ1) is 33.7. The van der Waals surface area contributed by atoms with Gasteiger partial charge in [-0.05, 0) is 105 Å². The summed E-state index contributed by atoms with van der Waals surface area (Å²) >= 11 is 6.31. The molecule has 0 radical (unpaired) electrons. The Balaban J connectivity index is 1.29. The number of hydrogen-bond donors (Lipinski definition) is 3. The third kappa shape index (κ3) is 8.78. The molecule has 0 spiro atoms. The molecule has 47 heavy (non-hydrogen) atoms. The molecule has 1 atom stereocenters. The number of hydrogen-bond acceptors (Lipinski definition) is 9. The van der Waals surface area contributed by atoms with Crippen LogP contribution >= 0.6 is 11.6 Å². The lowest BCUT2D eigenvalue weighted by Gasteiger charge is -2.32. The number of nitrogens with zero attached hydrogens (tertiary/aromatic N) is 5. The van der Waals surface area contributed by atoms with Crippen LogP contribution in [0.2, 0.25) is 5.02 Å². The molecule has 1 saturated carbocycles. The molecule has 246 valence electrons. The molecular weight excluding hydrogens is 620 g/mol. The van der Waals surface area contributed by atoms with E-state index in [2.05, 4.69) is 30.9 Å². The molecule has 5 rings (SSSR count). The standard InChI is InChI=1S/C34H39ClN8O4/c1-34(2,3)47-33(46)38-19-22-6-10-25(11-7-22)31(44)43(26-14-12-24(13-15-26)30-39-41-42-40-30)32(45)29(36)18-21-4-8-23(9-5-21)27-16-17-37-20-28(27)35/h4-5,8-9,12-17,20,22,25,29H,6-7,10-11,18-19,36H2,1-3H3,(H,38,46)(H,39,40,41,42)/t22?,25?,29-/m0/s1. The number of halogens is 1. The molecule has 4 N–H and O–H groups in total. The second-order valence-electron chi connectivity index (χ2n) is 12.8. The fourth-order valence-corrected chi connectivity index (χ4v) is 5.91.